The van der Waals surface area contributed by atoms with E-state index < -0.39 is 10.0 Å². The highest BCUT2D eigenvalue weighted by atomic mass is 79.9. The van der Waals surface area contributed by atoms with Crippen molar-refractivity contribution in [1.29, 1.82) is 0 Å². The molecule has 0 radical (unpaired) electrons. The SMILES string of the molecule is CN(Cc1cc(Br)cs1)S(=O)(=O)CCCN. The summed E-state index contributed by atoms with van der Waals surface area (Å²) in [6.45, 7) is 0.820. The minimum absolute atomic E-state index is 0.118. The van der Waals surface area contributed by atoms with E-state index in [9.17, 15) is 8.42 Å². The molecule has 7 heteroatoms. The van der Waals surface area contributed by atoms with Crippen molar-refractivity contribution in [2.45, 2.75) is 13.0 Å². The number of sulfonamides is 1. The van der Waals surface area contributed by atoms with Crippen LogP contribution in [0.3, 0.4) is 0 Å². The molecule has 1 aromatic rings. The fourth-order valence-corrected chi connectivity index (χ4v) is 3.94. The summed E-state index contributed by atoms with van der Waals surface area (Å²) in [5, 5.41) is 1.94. The number of halogens is 1. The summed E-state index contributed by atoms with van der Waals surface area (Å²) in [5.41, 5.74) is 5.30. The molecule has 2 N–H and O–H groups in total. The van der Waals surface area contributed by atoms with Gasteiger partial charge in [-0.25, -0.2) is 8.42 Å². The number of rotatable bonds is 6. The molecular weight excluding hydrogens is 312 g/mol. The highest BCUT2D eigenvalue weighted by Gasteiger charge is 2.17. The van der Waals surface area contributed by atoms with Gasteiger partial charge < -0.3 is 5.73 Å². The molecule has 0 saturated heterocycles. The van der Waals surface area contributed by atoms with Crippen molar-refractivity contribution in [2.24, 2.45) is 5.73 Å². The summed E-state index contributed by atoms with van der Waals surface area (Å²) in [6, 6.07) is 1.93. The molecule has 0 spiro atoms. The molecule has 0 unspecified atom stereocenters. The van der Waals surface area contributed by atoms with E-state index in [4.69, 9.17) is 5.73 Å². The zero-order chi connectivity index (χ0) is 12.2. The van der Waals surface area contributed by atoms with Gasteiger partial charge in [0.25, 0.3) is 0 Å². The van der Waals surface area contributed by atoms with Crippen LogP contribution in [0.1, 0.15) is 11.3 Å². The van der Waals surface area contributed by atoms with E-state index in [2.05, 4.69) is 15.9 Å². The molecule has 1 aromatic heterocycles. The summed E-state index contributed by atoms with van der Waals surface area (Å²) < 4.78 is 25.9. The van der Waals surface area contributed by atoms with Gasteiger partial charge in [-0.15, -0.1) is 11.3 Å². The van der Waals surface area contributed by atoms with Crippen LogP contribution in [-0.4, -0.2) is 32.1 Å². The Morgan fingerprint density at radius 3 is 2.75 bits per heavy atom. The van der Waals surface area contributed by atoms with E-state index in [1.54, 1.807) is 18.4 Å². The van der Waals surface area contributed by atoms with Crippen LogP contribution in [0.2, 0.25) is 0 Å². The Kier molecular flexibility index (Phi) is 5.39. The maximum atomic E-state index is 11.8. The third-order valence-electron chi connectivity index (χ3n) is 2.08. The predicted octanol–water partition coefficient (Wildman–Crippen LogP) is 1.62. The van der Waals surface area contributed by atoms with Gasteiger partial charge in [-0.2, -0.15) is 4.31 Å². The average Bonchev–Trinajstić information content (AvgIpc) is 2.61. The maximum Gasteiger partial charge on any atom is 0.214 e. The largest absolute Gasteiger partial charge is 0.330 e. The van der Waals surface area contributed by atoms with Crippen molar-refractivity contribution >= 4 is 37.3 Å². The van der Waals surface area contributed by atoms with Crippen molar-refractivity contribution < 1.29 is 8.42 Å². The van der Waals surface area contributed by atoms with Crippen LogP contribution < -0.4 is 5.73 Å². The molecular formula is C9H15BrN2O2S2. The molecule has 0 amide bonds. The van der Waals surface area contributed by atoms with Crippen molar-refractivity contribution in [3.63, 3.8) is 0 Å². The molecule has 0 bridgehead atoms. The lowest BCUT2D eigenvalue weighted by Gasteiger charge is -2.15. The molecule has 1 rings (SSSR count). The first-order valence-electron chi connectivity index (χ1n) is 4.82. The topological polar surface area (TPSA) is 63.4 Å². The fourth-order valence-electron chi connectivity index (χ4n) is 1.18. The predicted molar refractivity (Wildman–Crippen MR) is 70.9 cm³/mol. The number of hydrogen-bond donors (Lipinski definition) is 1. The van der Waals surface area contributed by atoms with Gasteiger partial charge >= 0.3 is 0 Å². The van der Waals surface area contributed by atoms with E-state index in [0.29, 0.717) is 19.5 Å². The lowest BCUT2D eigenvalue weighted by Crippen LogP contribution is -2.29. The van der Waals surface area contributed by atoms with E-state index in [-0.39, 0.29) is 5.75 Å². The molecule has 0 fully saturated rings. The van der Waals surface area contributed by atoms with E-state index >= 15 is 0 Å². The first kappa shape index (κ1) is 14.1. The average molecular weight is 327 g/mol. The number of hydrogen-bond acceptors (Lipinski definition) is 4. The zero-order valence-corrected chi connectivity index (χ0v) is 12.2. The third-order valence-corrected chi connectivity index (χ3v) is 5.65. The van der Waals surface area contributed by atoms with E-state index in [1.807, 2.05) is 11.4 Å². The second-order valence-electron chi connectivity index (χ2n) is 3.45. The Hall–Kier alpha value is 0.0500. The van der Waals surface area contributed by atoms with Gasteiger partial charge in [-0.3, -0.25) is 0 Å². The van der Waals surface area contributed by atoms with Crippen LogP contribution in [-0.2, 0) is 16.6 Å². The molecule has 4 nitrogen and oxygen atoms in total. The van der Waals surface area contributed by atoms with Crippen LogP contribution in [0.15, 0.2) is 15.9 Å². The summed E-state index contributed by atoms with van der Waals surface area (Å²) in [7, 11) is -1.57. The maximum absolute atomic E-state index is 11.8. The number of thiophene rings is 1. The van der Waals surface area contributed by atoms with Crippen LogP contribution in [0.5, 0.6) is 0 Å². The number of nitrogens with two attached hydrogens (primary N) is 1. The molecule has 0 atom stereocenters. The molecule has 0 aliphatic carbocycles. The summed E-state index contributed by atoms with van der Waals surface area (Å²) in [5.74, 6) is 0.118. The van der Waals surface area contributed by atoms with Gasteiger partial charge in [0, 0.05) is 28.3 Å². The summed E-state index contributed by atoms with van der Waals surface area (Å²) in [4.78, 5) is 1.02. The van der Waals surface area contributed by atoms with Crippen LogP contribution >= 0.6 is 27.3 Å². The molecule has 0 aromatic carbocycles. The van der Waals surface area contributed by atoms with Gasteiger partial charge in [-0.05, 0) is 35.0 Å². The van der Waals surface area contributed by atoms with Gasteiger partial charge in [0.15, 0.2) is 0 Å². The van der Waals surface area contributed by atoms with E-state index in [1.165, 1.54) is 4.31 Å². The van der Waals surface area contributed by atoms with Crippen LogP contribution in [0, 0.1) is 0 Å². The minimum Gasteiger partial charge on any atom is -0.330 e. The molecule has 0 aliphatic heterocycles. The fraction of sp³-hybridized carbons (Fsp3) is 0.556. The second kappa shape index (κ2) is 6.11. The van der Waals surface area contributed by atoms with Crippen molar-refractivity contribution in [1.82, 2.24) is 4.31 Å². The zero-order valence-electron chi connectivity index (χ0n) is 9.02. The second-order valence-corrected chi connectivity index (χ2v) is 7.55. The lowest BCUT2D eigenvalue weighted by atomic mass is 10.5. The molecule has 0 saturated carbocycles. The molecule has 0 aliphatic rings. The first-order valence-corrected chi connectivity index (χ1v) is 8.11. The minimum atomic E-state index is -3.17. The Morgan fingerprint density at radius 1 is 1.56 bits per heavy atom. The van der Waals surface area contributed by atoms with Gasteiger partial charge in [0.1, 0.15) is 0 Å². The van der Waals surface area contributed by atoms with Crippen molar-refractivity contribution in [3.8, 4) is 0 Å². The molecule has 16 heavy (non-hydrogen) atoms. The van der Waals surface area contributed by atoms with Crippen molar-refractivity contribution in [2.75, 3.05) is 19.3 Å². The van der Waals surface area contributed by atoms with Crippen LogP contribution in [0.4, 0.5) is 0 Å². The summed E-state index contributed by atoms with van der Waals surface area (Å²) >= 11 is 4.88. The molecule has 92 valence electrons. The summed E-state index contributed by atoms with van der Waals surface area (Å²) in [6.07, 6.45) is 0.501. The first-order chi connectivity index (χ1) is 7.45. The smallest absolute Gasteiger partial charge is 0.214 e. The van der Waals surface area contributed by atoms with Gasteiger partial charge in [-0.1, -0.05) is 0 Å². The Labute approximate surface area is 109 Å². The van der Waals surface area contributed by atoms with Crippen molar-refractivity contribution in [3.05, 3.63) is 20.8 Å². The number of nitrogens with zero attached hydrogens (tertiary/aromatic N) is 1. The lowest BCUT2D eigenvalue weighted by molar-refractivity contribution is 0.468. The quantitative estimate of drug-likeness (QED) is 0.864. The Morgan fingerprint density at radius 2 is 2.25 bits per heavy atom. The highest BCUT2D eigenvalue weighted by molar-refractivity contribution is 9.10. The Bertz CT molecular complexity index is 430. The van der Waals surface area contributed by atoms with Gasteiger partial charge in [0.2, 0.25) is 10.0 Å². The molecule has 1 heterocycles. The van der Waals surface area contributed by atoms with Crippen LogP contribution in [0.25, 0.3) is 0 Å². The standard InChI is InChI=1S/C9H15BrN2O2S2/c1-12(16(13,14)4-2-3-11)6-9-5-8(10)7-15-9/h5,7H,2-4,6,11H2,1H3. The normalized spacial score (nSPS) is 12.2. The Balaban J connectivity index is 2.61. The van der Waals surface area contributed by atoms with Gasteiger partial charge in [0.05, 0.1) is 5.75 Å². The van der Waals surface area contributed by atoms with E-state index in [0.717, 1.165) is 9.35 Å². The highest BCUT2D eigenvalue weighted by Crippen LogP contribution is 2.21. The monoisotopic (exact) mass is 326 g/mol. The third kappa shape index (κ3) is 4.14.